The third-order valence-corrected chi connectivity index (χ3v) is 8.32. The quantitative estimate of drug-likeness (QED) is 0.155. The molecule has 1 aliphatic heterocycles. The zero-order valence-electron chi connectivity index (χ0n) is 24.1. The summed E-state index contributed by atoms with van der Waals surface area (Å²) in [7, 11) is 0. The number of rotatable bonds is 13. The van der Waals surface area contributed by atoms with Crippen molar-refractivity contribution < 1.29 is 14.3 Å². The van der Waals surface area contributed by atoms with Crippen molar-refractivity contribution in [3.05, 3.63) is 107 Å². The largest absolute Gasteiger partial charge is 0.465 e. The van der Waals surface area contributed by atoms with Crippen molar-refractivity contribution >= 4 is 11.8 Å². The van der Waals surface area contributed by atoms with Gasteiger partial charge in [-0.05, 0) is 88.3 Å². The fraction of sp³-hybridized carbons (Fsp3) is 0.429. The molecule has 0 aromatic heterocycles. The summed E-state index contributed by atoms with van der Waals surface area (Å²) in [5, 5.41) is 0. The number of piperidine rings is 1. The standard InChI is InChI=1S/C35H44N2O3/c1-35(2,34(39)40-26-10-22-36)31-18-16-27(17-19-31)32(38)15-9-23-37-24-20-30(21-25-37)33(28-11-5-3-6-12-28)29-13-7-4-8-14-29/h3-8,11-14,16-19,30,33H,9-10,15,20-26,36H2,1-2H3. The van der Waals surface area contributed by atoms with Gasteiger partial charge in [0.15, 0.2) is 5.78 Å². The van der Waals surface area contributed by atoms with Gasteiger partial charge in [-0.15, -0.1) is 0 Å². The molecule has 0 atom stereocenters. The van der Waals surface area contributed by atoms with Crippen LogP contribution < -0.4 is 5.73 Å². The first kappa shape index (κ1) is 29.7. The first-order valence-corrected chi connectivity index (χ1v) is 14.7. The molecule has 0 unspecified atom stereocenters. The Hall–Kier alpha value is -3.28. The lowest BCUT2D eigenvalue weighted by molar-refractivity contribution is -0.149. The van der Waals surface area contributed by atoms with Crippen molar-refractivity contribution in [2.45, 2.75) is 57.3 Å². The van der Waals surface area contributed by atoms with Gasteiger partial charge in [0.1, 0.15) is 0 Å². The molecule has 3 aromatic carbocycles. The Morgan fingerprint density at radius 3 is 2.00 bits per heavy atom. The molecule has 0 saturated carbocycles. The Balaban J connectivity index is 1.25. The minimum Gasteiger partial charge on any atom is -0.465 e. The first-order valence-electron chi connectivity index (χ1n) is 14.7. The Morgan fingerprint density at radius 2 is 1.45 bits per heavy atom. The molecule has 1 aliphatic rings. The van der Waals surface area contributed by atoms with E-state index >= 15 is 0 Å². The predicted octanol–water partition coefficient (Wildman–Crippen LogP) is 6.36. The van der Waals surface area contributed by atoms with Crippen molar-refractivity contribution in [1.29, 1.82) is 0 Å². The minimum atomic E-state index is -0.775. The third-order valence-electron chi connectivity index (χ3n) is 8.32. The molecule has 0 spiro atoms. The van der Waals surface area contributed by atoms with Gasteiger partial charge in [0.25, 0.3) is 0 Å². The zero-order chi connectivity index (χ0) is 28.4. The molecule has 3 aromatic rings. The SMILES string of the molecule is CC(C)(C(=O)OCCCN)c1ccc(C(=O)CCCN2CCC(C(c3ccccc3)c3ccccc3)CC2)cc1. The number of hydrogen-bond donors (Lipinski definition) is 1. The molecule has 4 rings (SSSR count). The van der Waals surface area contributed by atoms with Gasteiger partial charge in [-0.2, -0.15) is 0 Å². The maximum Gasteiger partial charge on any atom is 0.315 e. The lowest BCUT2D eigenvalue weighted by atomic mass is 9.76. The van der Waals surface area contributed by atoms with Gasteiger partial charge in [-0.1, -0.05) is 84.9 Å². The van der Waals surface area contributed by atoms with Crippen molar-refractivity contribution in [2.24, 2.45) is 11.7 Å². The minimum absolute atomic E-state index is 0.151. The van der Waals surface area contributed by atoms with Crippen LogP contribution in [0.3, 0.4) is 0 Å². The molecule has 5 heteroatoms. The van der Waals surface area contributed by atoms with E-state index in [2.05, 4.69) is 65.6 Å². The van der Waals surface area contributed by atoms with Crippen LogP contribution >= 0.6 is 0 Å². The first-order chi connectivity index (χ1) is 19.4. The van der Waals surface area contributed by atoms with Gasteiger partial charge in [-0.25, -0.2) is 0 Å². The highest BCUT2D eigenvalue weighted by Gasteiger charge is 2.32. The average Bonchev–Trinajstić information content (AvgIpc) is 2.99. The summed E-state index contributed by atoms with van der Waals surface area (Å²) in [6, 6.07) is 29.2. The van der Waals surface area contributed by atoms with Crippen molar-refractivity contribution in [3.63, 3.8) is 0 Å². The predicted molar refractivity (Wildman–Crippen MR) is 162 cm³/mol. The summed E-state index contributed by atoms with van der Waals surface area (Å²) in [5.74, 6) is 0.913. The van der Waals surface area contributed by atoms with Gasteiger partial charge in [0.05, 0.1) is 12.0 Å². The van der Waals surface area contributed by atoms with Crippen LogP contribution in [0.4, 0.5) is 0 Å². The lowest BCUT2D eigenvalue weighted by Gasteiger charge is -2.36. The molecule has 1 saturated heterocycles. The Morgan fingerprint density at radius 1 is 0.875 bits per heavy atom. The second kappa shape index (κ2) is 14.4. The number of Topliss-reactive ketones (excluding diaryl/α,β-unsaturated/α-hetero) is 1. The van der Waals surface area contributed by atoms with Crippen LogP contribution in [0.25, 0.3) is 0 Å². The van der Waals surface area contributed by atoms with Crippen LogP contribution in [0.2, 0.25) is 0 Å². The number of esters is 1. The maximum atomic E-state index is 12.9. The Labute approximate surface area is 239 Å². The second-order valence-electron chi connectivity index (χ2n) is 11.5. The van der Waals surface area contributed by atoms with Gasteiger partial charge < -0.3 is 15.4 Å². The molecule has 0 radical (unpaired) electrons. The summed E-state index contributed by atoms with van der Waals surface area (Å²) >= 11 is 0. The number of carbonyl (C=O) groups is 2. The summed E-state index contributed by atoms with van der Waals surface area (Å²) in [6.45, 7) is 7.60. The molecule has 5 nitrogen and oxygen atoms in total. The van der Waals surface area contributed by atoms with Gasteiger partial charge in [-0.3, -0.25) is 9.59 Å². The Kier molecular flexibility index (Phi) is 10.7. The third kappa shape index (κ3) is 7.67. The molecule has 212 valence electrons. The highest BCUT2D eigenvalue weighted by molar-refractivity contribution is 5.96. The molecule has 2 N–H and O–H groups in total. The number of carbonyl (C=O) groups excluding carboxylic acids is 2. The summed E-state index contributed by atoms with van der Waals surface area (Å²) in [4.78, 5) is 27.9. The number of benzene rings is 3. The summed E-state index contributed by atoms with van der Waals surface area (Å²) in [6.07, 6.45) is 4.35. The molecule has 0 amide bonds. The van der Waals surface area contributed by atoms with Crippen molar-refractivity contribution in [1.82, 2.24) is 4.90 Å². The van der Waals surface area contributed by atoms with E-state index in [0.717, 1.165) is 44.5 Å². The number of ketones is 1. The van der Waals surface area contributed by atoms with Gasteiger partial charge in [0.2, 0.25) is 0 Å². The van der Waals surface area contributed by atoms with Crippen molar-refractivity contribution in [2.75, 3.05) is 32.8 Å². The fourth-order valence-electron chi connectivity index (χ4n) is 5.79. The van der Waals surface area contributed by atoms with Crippen molar-refractivity contribution in [3.8, 4) is 0 Å². The highest BCUT2D eigenvalue weighted by Crippen LogP contribution is 2.38. The summed E-state index contributed by atoms with van der Waals surface area (Å²) in [5.41, 5.74) is 9.05. The van der Waals surface area contributed by atoms with Gasteiger partial charge >= 0.3 is 5.97 Å². The normalized spacial score (nSPS) is 14.8. The van der Waals surface area contributed by atoms with Crippen LogP contribution in [0, 0.1) is 5.92 Å². The van der Waals surface area contributed by atoms with E-state index in [1.54, 1.807) is 0 Å². The van der Waals surface area contributed by atoms with Crippen LogP contribution in [-0.4, -0.2) is 49.4 Å². The van der Waals surface area contributed by atoms with E-state index in [4.69, 9.17) is 10.5 Å². The molecule has 40 heavy (non-hydrogen) atoms. The smallest absolute Gasteiger partial charge is 0.315 e. The molecule has 0 aliphatic carbocycles. The van der Waals surface area contributed by atoms with Gasteiger partial charge in [0, 0.05) is 17.9 Å². The van der Waals surface area contributed by atoms with E-state index in [0.29, 0.717) is 43.4 Å². The number of hydrogen-bond acceptors (Lipinski definition) is 5. The van der Waals surface area contributed by atoms with E-state index < -0.39 is 5.41 Å². The molecule has 1 fully saturated rings. The summed E-state index contributed by atoms with van der Waals surface area (Å²) < 4.78 is 5.36. The number of nitrogens with two attached hydrogens (primary N) is 1. The van der Waals surface area contributed by atoms with Crippen LogP contribution in [0.1, 0.15) is 78.9 Å². The molecule has 1 heterocycles. The second-order valence-corrected chi connectivity index (χ2v) is 11.5. The lowest BCUT2D eigenvalue weighted by Crippen LogP contribution is -2.36. The van der Waals surface area contributed by atoms with E-state index in [1.807, 2.05) is 38.1 Å². The molecular weight excluding hydrogens is 496 g/mol. The van der Waals surface area contributed by atoms with Crippen LogP contribution in [-0.2, 0) is 14.9 Å². The van der Waals surface area contributed by atoms with E-state index in [9.17, 15) is 9.59 Å². The van der Waals surface area contributed by atoms with E-state index in [1.165, 1.54) is 11.1 Å². The number of ether oxygens (including phenoxy) is 1. The maximum absolute atomic E-state index is 12.9. The average molecular weight is 541 g/mol. The number of likely N-dealkylation sites (tertiary alicyclic amines) is 1. The van der Waals surface area contributed by atoms with Crippen LogP contribution in [0.15, 0.2) is 84.9 Å². The monoisotopic (exact) mass is 540 g/mol. The molecule has 0 bridgehead atoms. The number of nitrogens with zero attached hydrogens (tertiary/aromatic N) is 1. The zero-order valence-corrected chi connectivity index (χ0v) is 24.1. The topological polar surface area (TPSA) is 72.6 Å². The van der Waals surface area contributed by atoms with Crippen LogP contribution in [0.5, 0.6) is 0 Å². The Bertz CT molecular complexity index is 1160. The fourth-order valence-corrected chi connectivity index (χ4v) is 5.79. The molecular formula is C35H44N2O3. The van der Waals surface area contributed by atoms with E-state index in [-0.39, 0.29) is 11.8 Å². The highest BCUT2D eigenvalue weighted by atomic mass is 16.5.